The molecule has 1 atom stereocenters. The predicted octanol–water partition coefficient (Wildman–Crippen LogP) is 1.28. The third-order valence-corrected chi connectivity index (χ3v) is 5.68. The molecule has 144 valence electrons. The Labute approximate surface area is 154 Å². The van der Waals surface area contributed by atoms with Crippen molar-refractivity contribution < 1.29 is 24.5 Å². The maximum Gasteiger partial charge on any atom is 0.341 e. The van der Waals surface area contributed by atoms with E-state index in [9.17, 15) is 24.9 Å². The van der Waals surface area contributed by atoms with Gasteiger partial charge in [-0.05, 0) is 31.7 Å². The fourth-order valence-corrected chi connectivity index (χ4v) is 4.30. The van der Waals surface area contributed by atoms with Crippen LogP contribution in [-0.4, -0.2) is 51.7 Å². The molecule has 3 heterocycles. The maximum atomic E-state index is 15.0. The van der Waals surface area contributed by atoms with Crippen molar-refractivity contribution in [3.8, 4) is 0 Å². The largest absolute Gasteiger partial charge is 0.477 e. The number of hydrogen-bond acceptors (Lipinski definition) is 5. The van der Waals surface area contributed by atoms with Gasteiger partial charge in [-0.2, -0.15) is 0 Å². The monoisotopic (exact) mass is 376 g/mol. The molecule has 0 spiro atoms. The van der Waals surface area contributed by atoms with E-state index in [4.69, 9.17) is 0 Å². The molecule has 2 aliphatic heterocycles. The van der Waals surface area contributed by atoms with Crippen molar-refractivity contribution in [2.24, 2.45) is 0 Å². The Morgan fingerprint density at radius 3 is 2.59 bits per heavy atom. The molecule has 1 fully saturated rings. The molecular formula is C19H21FN2O5. The van der Waals surface area contributed by atoms with Crippen LogP contribution in [-0.2, 0) is 6.42 Å². The zero-order valence-electron chi connectivity index (χ0n) is 14.7. The zero-order valence-corrected chi connectivity index (χ0v) is 14.7. The molecule has 0 saturated carbocycles. The molecule has 2 aromatic rings. The van der Waals surface area contributed by atoms with Gasteiger partial charge >= 0.3 is 5.97 Å². The molecule has 7 nitrogen and oxygen atoms in total. The number of aromatic carboxylic acids is 1. The maximum absolute atomic E-state index is 15.0. The van der Waals surface area contributed by atoms with Crippen molar-refractivity contribution in [3.63, 3.8) is 0 Å². The lowest BCUT2D eigenvalue weighted by Gasteiger charge is -2.36. The quantitative estimate of drug-likeness (QED) is 0.746. The van der Waals surface area contributed by atoms with E-state index in [1.165, 1.54) is 6.20 Å². The summed E-state index contributed by atoms with van der Waals surface area (Å²) in [7, 11) is 0. The molecule has 27 heavy (non-hydrogen) atoms. The summed E-state index contributed by atoms with van der Waals surface area (Å²) in [6.45, 7) is 0.827. The van der Waals surface area contributed by atoms with Gasteiger partial charge in [-0.1, -0.05) is 0 Å². The summed E-state index contributed by atoms with van der Waals surface area (Å²) in [5, 5.41) is 28.8. The molecule has 2 aliphatic rings. The standard InChI is InChI=1S/C19H21FN2O5/c20-15-7-13-16-12(17(15)21-5-3-11(24)4-6-21)2-1-10(9-23)22(16)8-14(18(13)25)19(26)27/h7-8,10-11,23-24H,1-6,9H2,(H,26,27). The first-order valence-corrected chi connectivity index (χ1v) is 9.09. The summed E-state index contributed by atoms with van der Waals surface area (Å²) < 4.78 is 16.7. The number of anilines is 1. The Bertz CT molecular complexity index is 978. The first kappa shape index (κ1) is 17.9. The number of aliphatic hydroxyl groups is 2. The van der Waals surface area contributed by atoms with Crippen molar-refractivity contribution in [2.45, 2.75) is 37.8 Å². The normalized spacial score (nSPS) is 20.3. The number of aryl methyl sites for hydroxylation is 1. The molecule has 1 unspecified atom stereocenters. The highest BCUT2D eigenvalue weighted by Gasteiger charge is 2.30. The van der Waals surface area contributed by atoms with Gasteiger partial charge in [0.05, 0.1) is 30.0 Å². The van der Waals surface area contributed by atoms with Gasteiger partial charge in [0.2, 0.25) is 5.43 Å². The first-order chi connectivity index (χ1) is 12.9. The molecule has 0 amide bonds. The highest BCUT2D eigenvalue weighted by Crippen LogP contribution is 2.38. The number of aliphatic hydroxyl groups excluding tert-OH is 2. The SMILES string of the molecule is O=C(O)c1cn2c3c(c(N4CCC(O)CC4)c(F)cc3c1=O)CCC2CO. The summed E-state index contributed by atoms with van der Waals surface area (Å²) in [5.74, 6) is -1.92. The Morgan fingerprint density at radius 2 is 1.96 bits per heavy atom. The third-order valence-electron chi connectivity index (χ3n) is 5.68. The summed E-state index contributed by atoms with van der Waals surface area (Å²) in [5.41, 5.74) is 0.440. The molecule has 1 aromatic carbocycles. The molecule has 1 saturated heterocycles. The van der Waals surface area contributed by atoms with Crippen molar-refractivity contribution in [3.05, 3.63) is 39.4 Å². The van der Waals surface area contributed by atoms with Gasteiger partial charge < -0.3 is 24.8 Å². The highest BCUT2D eigenvalue weighted by molar-refractivity contribution is 5.95. The summed E-state index contributed by atoms with van der Waals surface area (Å²) >= 11 is 0. The fraction of sp³-hybridized carbons (Fsp3) is 0.474. The second-order valence-electron chi connectivity index (χ2n) is 7.26. The number of hydrogen-bond donors (Lipinski definition) is 3. The molecule has 0 bridgehead atoms. The minimum absolute atomic E-state index is 0.0290. The second kappa shape index (κ2) is 6.61. The summed E-state index contributed by atoms with van der Waals surface area (Å²) in [4.78, 5) is 26.0. The van der Waals surface area contributed by atoms with Crippen molar-refractivity contribution in [2.75, 3.05) is 24.6 Å². The topological polar surface area (TPSA) is 103 Å². The van der Waals surface area contributed by atoms with E-state index in [2.05, 4.69) is 0 Å². The van der Waals surface area contributed by atoms with Crippen LogP contribution in [0.25, 0.3) is 10.9 Å². The lowest BCUT2D eigenvalue weighted by molar-refractivity contribution is 0.0694. The number of halogens is 1. The van der Waals surface area contributed by atoms with Gasteiger partial charge in [0.1, 0.15) is 11.4 Å². The molecule has 0 aliphatic carbocycles. The third kappa shape index (κ3) is 2.80. The Hall–Kier alpha value is -2.45. The van der Waals surface area contributed by atoms with Gasteiger partial charge in [-0.25, -0.2) is 9.18 Å². The van der Waals surface area contributed by atoms with Crippen LogP contribution in [0.15, 0.2) is 17.1 Å². The van der Waals surface area contributed by atoms with E-state index in [-0.39, 0.29) is 18.0 Å². The van der Waals surface area contributed by atoms with Crippen LogP contribution in [0.2, 0.25) is 0 Å². The lowest BCUT2D eigenvalue weighted by Crippen LogP contribution is -2.37. The van der Waals surface area contributed by atoms with Crippen LogP contribution in [0.4, 0.5) is 10.1 Å². The Kier molecular flexibility index (Phi) is 4.39. The van der Waals surface area contributed by atoms with E-state index in [1.807, 2.05) is 4.90 Å². The highest BCUT2D eigenvalue weighted by atomic mass is 19.1. The van der Waals surface area contributed by atoms with Crippen LogP contribution >= 0.6 is 0 Å². The van der Waals surface area contributed by atoms with E-state index in [1.54, 1.807) is 4.57 Å². The number of nitrogens with zero attached hydrogens (tertiary/aromatic N) is 2. The van der Waals surface area contributed by atoms with E-state index >= 15 is 4.39 Å². The summed E-state index contributed by atoms with van der Waals surface area (Å²) in [6.07, 6.45) is 2.96. The van der Waals surface area contributed by atoms with Crippen LogP contribution < -0.4 is 10.3 Å². The van der Waals surface area contributed by atoms with E-state index in [0.717, 1.165) is 6.07 Å². The number of pyridine rings is 1. The minimum atomic E-state index is -1.37. The van der Waals surface area contributed by atoms with Gasteiger partial charge in [-0.3, -0.25) is 4.79 Å². The lowest BCUT2D eigenvalue weighted by atomic mass is 9.92. The van der Waals surface area contributed by atoms with Crippen LogP contribution in [0.5, 0.6) is 0 Å². The second-order valence-corrected chi connectivity index (χ2v) is 7.26. The van der Waals surface area contributed by atoms with Crippen molar-refractivity contribution in [1.82, 2.24) is 4.57 Å². The number of carbonyl (C=O) groups is 1. The average Bonchev–Trinajstić information content (AvgIpc) is 2.65. The average molecular weight is 376 g/mol. The van der Waals surface area contributed by atoms with E-state index in [0.29, 0.717) is 55.5 Å². The van der Waals surface area contributed by atoms with Crippen LogP contribution in [0.3, 0.4) is 0 Å². The molecule has 4 rings (SSSR count). The number of rotatable bonds is 3. The summed E-state index contributed by atoms with van der Waals surface area (Å²) in [6, 6.07) is 0.754. The van der Waals surface area contributed by atoms with Crippen molar-refractivity contribution in [1.29, 1.82) is 0 Å². The van der Waals surface area contributed by atoms with Crippen LogP contribution in [0.1, 0.15) is 41.2 Å². The van der Waals surface area contributed by atoms with Gasteiger partial charge in [0.25, 0.3) is 0 Å². The molecule has 8 heteroatoms. The minimum Gasteiger partial charge on any atom is -0.477 e. The number of benzene rings is 1. The van der Waals surface area contributed by atoms with Crippen LogP contribution in [0, 0.1) is 5.82 Å². The van der Waals surface area contributed by atoms with Gasteiger partial charge in [-0.15, -0.1) is 0 Å². The number of piperidine rings is 1. The fourth-order valence-electron chi connectivity index (χ4n) is 4.30. The Morgan fingerprint density at radius 1 is 1.26 bits per heavy atom. The van der Waals surface area contributed by atoms with Gasteiger partial charge in [0.15, 0.2) is 0 Å². The molecular weight excluding hydrogens is 355 g/mol. The molecule has 1 aromatic heterocycles. The molecule has 3 N–H and O–H groups in total. The number of carboxylic acids is 1. The predicted molar refractivity (Wildman–Crippen MR) is 97.0 cm³/mol. The Balaban J connectivity index is 2.01. The molecule has 0 radical (unpaired) electrons. The number of aromatic nitrogens is 1. The van der Waals surface area contributed by atoms with Crippen molar-refractivity contribution >= 4 is 22.6 Å². The zero-order chi connectivity index (χ0) is 19.3. The van der Waals surface area contributed by atoms with E-state index < -0.39 is 28.9 Å². The van der Waals surface area contributed by atoms with Gasteiger partial charge in [0, 0.05) is 30.2 Å². The smallest absolute Gasteiger partial charge is 0.341 e. The first-order valence-electron chi connectivity index (χ1n) is 9.09. The number of carboxylic acid groups (broad SMARTS) is 1.